The zero-order valence-corrected chi connectivity index (χ0v) is 9.04. The smallest absolute Gasteiger partial charge is 0.392 e. The van der Waals surface area contributed by atoms with Crippen molar-refractivity contribution in [2.45, 2.75) is 32.0 Å². The molecule has 0 amide bonds. The second-order valence-electron chi connectivity index (χ2n) is 3.92. The first-order chi connectivity index (χ1) is 7.41. The van der Waals surface area contributed by atoms with E-state index < -0.39 is 18.2 Å². The first kappa shape index (κ1) is 13.0. The van der Waals surface area contributed by atoms with Crippen LogP contribution in [0.4, 0.5) is 13.2 Å². The van der Waals surface area contributed by atoms with Gasteiger partial charge in [0.2, 0.25) is 0 Å². The van der Waals surface area contributed by atoms with Crippen molar-refractivity contribution >= 4 is 0 Å². The molecule has 0 unspecified atom stereocenters. The van der Waals surface area contributed by atoms with Crippen molar-refractivity contribution < 1.29 is 18.3 Å². The first-order valence-electron chi connectivity index (χ1n) is 5.20. The second kappa shape index (κ2) is 5.34. The van der Waals surface area contributed by atoms with E-state index in [4.69, 9.17) is 0 Å². The quantitative estimate of drug-likeness (QED) is 0.845. The van der Waals surface area contributed by atoms with Crippen molar-refractivity contribution in [1.82, 2.24) is 0 Å². The molecule has 0 radical (unpaired) electrons. The Hall–Kier alpha value is -1.03. The summed E-state index contributed by atoms with van der Waals surface area (Å²) in [4.78, 5) is 0. The fourth-order valence-corrected chi connectivity index (χ4v) is 1.43. The molecule has 0 spiro atoms. The molecule has 1 nitrogen and oxygen atoms in total. The monoisotopic (exact) mass is 232 g/mol. The van der Waals surface area contributed by atoms with Crippen molar-refractivity contribution in [3.63, 3.8) is 0 Å². The number of rotatable bonds is 4. The molecular weight excluding hydrogens is 217 g/mol. The average molecular weight is 232 g/mol. The second-order valence-corrected chi connectivity index (χ2v) is 3.92. The first-order valence-corrected chi connectivity index (χ1v) is 5.20. The molecule has 0 aromatic heterocycles. The van der Waals surface area contributed by atoms with Crippen LogP contribution >= 0.6 is 0 Å². The molecule has 0 fully saturated rings. The third-order valence-electron chi connectivity index (χ3n) is 2.67. The molecule has 16 heavy (non-hydrogen) atoms. The molecule has 0 aliphatic rings. The average Bonchev–Trinajstić information content (AvgIpc) is 2.25. The summed E-state index contributed by atoms with van der Waals surface area (Å²) in [5.74, 6) is -1.67. The van der Waals surface area contributed by atoms with Crippen LogP contribution in [0.2, 0.25) is 0 Å². The highest BCUT2D eigenvalue weighted by Crippen LogP contribution is 2.29. The van der Waals surface area contributed by atoms with Crippen LogP contribution in [0, 0.1) is 5.92 Å². The van der Waals surface area contributed by atoms with E-state index in [-0.39, 0.29) is 6.42 Å². The van der Waals surface area contributed by atoms with Gasteiger partial charge in [0.15, 0.2) is 0 Å². The largest absolute Gasteiger partial charge is 0.394 e. The Kier molecular flexibility index (Phi) is 4.35. The number of halogens is 3. The lowest BCUT2D eigenvalue weighted by molar-refractivity contribution is -0.194. The molecule has 0 saturated heterocycles. The predicted octanol–water partition coefficient (Wildman–Crippen LogP) is 3.18. The van der Waals surface area contributed by atoms with Gasteiger partial charge in [0.05, 0.1) is 12.0 Å². The molecule has 1 N–H and O–H groups in total. The van der Waals surface area contributed by atoms with Crippen molar-refractivity contribution in [2.75, 3.05) is 0 Å². The van der Waals surface area contributed by atoms with Crippen molar-refractivity contribution in [2.24, 2.45) is 5.92 Å². The summed E-state index contributed by atoms with van der Waals surface area (Å²) < 4.78 is 36.8. The number of hydrogen-bond donors (Lipinski definition) is 1. The van der Waals surface area contributed by atoms with E-state index in [2.05, 4.69) is 0 Å². The molecule has 0 bridgehead atoms. The summed E-state index contributed by atoms with van der Waals surface area (Å²) in [5, 5.41) is 9.39. The van der Waals surface area contributed by atoms with E-state index in [9.17, 15) is 18.3 Å². The summed E-state index contributed by atoms with van der Waals surface area (Å²) in [7, 11) is 0. The van der Waals surface area contributed by atoms with Gasteiger partial charge < -0.3 is 5.11 Å². The zero-order chi connectivity index (χ0) is 12.2. The molecule has 1 aromatic rings. The number of alkyl halides is 3. The van der Waals surface area contributed by atoms with Gasteiger partial charge in [-0.3, -0.25) is 0 Å². The fraction of sp³-hybridized carbons (Fsp3) is 0.500. The molecule has 0 aliphatic heterocycles. The standard InChI is InChI=1S/C12H15F3O/c1-9(12(13,14)15)11(16)8-7-10-5-3-2-4-6-10/h2-6,9,11,16H,7-8H2,1H3/t9-,11+/m1/s1. The predicted molar refractivity (Wildman–Crippen MR) is 56.0 cm³/mol. The molecule has 0 saturated carbocycles. The van der Waals surface area contributed by atoms with Gasteiger partial charge in [-0.25, -0.2) is 0 Å². The Balaban J connectivity index is 2.44. The van der Waals surface area contributed by atoms with Gasteiger partial charge in [-0.1, -0.05) is 37.3 Å². The molecule has 1 rings (SSSR count). The maximum Gasteiger partial charge on any atom is 0.394 e. The highest BCUT2D eigenvalue weighted by molar-refractivity contribution is 5.14. The van der Waals surface area contributed by atoms with E-state index in [1.54, 1.807) is 0 Å². The Morgan fingerprint density at radius 1 is 1.19 bits per heavy atom. The Morgan fingerprint density at radius 3 is 2.25 bits per heavy atom. The topological polar surface area (TPSA) is 20.2 Å². The maximum absolute atomic E-state index is 12.3. The molecular formula is C12H15F3O. The maximum atomic E-state index is 12.3. The van der Waals surface area contributed by atoms with E-state index in [0.717, 1.165) is 12.5 Å². The molecule has 0 heterocycles. The summed E-state index contributed by atoms with van der Waals surface area (Å²) in [6.45, 7) is 1.01. The van der Waals surface area contributed by atoms with Gasteiger partial charge in [-0.15, -0.1) is 0 Å². The summed E-state index contributed by atoms with van der Waals surface area (Å²) in [6, 6.07) is 9.18. The van der Waals surface area contributed by atoms with Gasteiger partial charge >= 0.3 is 6.18 Å². The van der Waals surface area contributed by atoms with Crippen LogP contribution in [-0.2, 0) is 6.42 Å². The number of benzene rings is 1. The number of hydrogen-bond acceptors (Lipinski definition) is 1. The van der Waals surface area contributed by atoms with Gasteiger partial charge in [-0.2, -0.15) is 13.2 Å². The van der Waals surface area contributed by atoms with Gasteiger partial charge in [0.1, 0.15) is 0 Å². The van der Waals surface area contributed by atoms with Gasteiger partial charge in [0.25, 0.3) is 0 Å². The van der Waals surface area contributed by atoms with Gasteiger partial charge in [0, 0.05) is 0 Å². The van der Waals surface area contributed by atoms with E-state index in [0.29, 0.717) is 6.42 Å². The lowest BCUT2D eigenvalue weighted by Gasteiger charge is -2.21. The van der Waals surface area contributed by atoms with Crippen molar-refractivity contribution in [1.29, 1.82) is 0 Å². The van der Waals surface area contributed by atoms with Crippen molar-refractivity contribution in [3.8, 4) is 0 Å². The minimum absolute atomic E-state index is 0.130. The van der Waals surface area contributed by atoms with Crippen LogP contribution in [-0.4, -0.2) is 17.4 Å². The van der Waals surface area contributed by atoms with Gasteiger partial charge in [-0.05, 0) is 18.4 Å². The highest BCUT2D eigenvalue weighted by atomic mass is 19.4. The minimum atomic E-state index is -4.32. The number of aryl methyl sites for hydroxylation is 1. The zero-order valence-electron chi connectivity index (χ0n) is 9.04. The third kappa shape index (κ3) is 3.85. The summed E-state index contributed by atoms with van der Waals surface area (Å²) >= 11 is 0. The lowest BCUT2D eigenvalue weighted by Crippen LogP contribution is -2.31. The minimum Gasteiger partial charge on any atom is -0.392 e. The van der Waals surface area contributed by atoms with Crippen LogP contribution < -0.4 is 0 Å². The van der Waals surface area contributed by atoms with Crippen LogP contribution in [0.3, 0.4) is 0 Å². The third-order valence-corrected chi connectivity index (χ3v) is 2.67. The van der Waals surface area contributed by atoms with Crippen LogP contribution in [0.25, 0.3) is 0 Å². The SMILES string of the molecule is C[C@H]([C@@H](O)CCc1ccccc1)C(F)(F)F. The van der Waals surface area contributed by atoms with E-state index in [1.807, 2.05) is 30.3 Å². The molecule has 90 valence electrons. The van der Waals surface area contributed by atoms with E-state index >= 15 is 0 Å². The lowest BCUT2D eigenvalue weighted by atomic mass is 9.97. The normalized spacial score (nSPS) is 15.8. The number of aliphatic hydroxyl groups is 1. The van der Waals surface area contributed by atoms with E-state index in [1.165, 1.54) is 0 Å². The molecule has 2 atom stereocenters. The molecule has 4 heteroatoms. The van der Waals surface area contributed by atoms with Crippen LogP contribution in [0.1, 0.15) is 18.9 Å². The van der Waals surface area contributed by atoms with Crippen molar-refractivity contribution in [3.05, 3.63) is 35.9 Å². The molecule has 1 aromatic carbocycles. The number of aliphatic hydroxyl groups excluding tert-OH is 1. The summed E-state index contributed by atoms with van der Waals surface area (Å²) in [6.07, 6.45) is -5.07. The van der Waals surface area contributed by atoms with Crippen LogP contribution in [0.15, 0.2) is 30.3 Å². The Labute approximate surface area is 92.9 Å². The Bertz CT molecular complexity index is 308. The fourth-order valence-electron chi connectivity index (χ4n) is 1.43. The highest BCUT2D eigenvalue weighted by Gasteiger charge is 2.40. The molecule has 0 aliphatic carbocycles. The Morgan fingerprint density at radius 2 is 1.75 bits per heavy atom. The van der Waals surface area contributed by atoms with Crippen LogP contribution in [0.5, 0.6) is 0 Å². The summed E-state index contributed by atoms with van der Waals surface area (Å²) in [5.41, 5.74) is 0.941.